The summed E-state index contributed by atoms with van der Waals surface area (Å²) in [5.74, 6) is 0.106. The molecular weight excluding hydrogens is 340 g/mol. The summed E-state index contributed by atoms with van der Waals surface area (Å²) in [5.41, 5.74) is 1.04. The lowest BCUT2D eigenvalue weighted by molar-refractivity contribution is -0.137. The first kappa shape index (κ1) is 19.6. The van der Waals surface area contributed by atoms with E-state index in [1.54, 1.807) is 6.08 Å². The van der Waals surface area contributed by atoms with Crippen LogP contribution in [0.2, 0.25) is 0 Å². The molecule has 0 amide bonds. The summed E-state index contributed by atoms with van der Waals surface area (Å²) < 4.78 is 6.08. The zero-order valence-electron chi connectivity index (χ0n) is 15.6. The second kappa shape index (κ2) is 9.65. The predicted molar refractivity (Wildman–Crippen MR) is 104 cm³/mol. The topological polar surface area (TPSA) is 63.6 Å². The SMILES string of the molecule is O=C(O)CCCC=CC[C@H]1[C@H](C=CC(=O)Cc2ccccc2)[C@@H]2CC[C@H]1O2. The number of rotatable bonds is 10. The number of carbonyl (C=O) groups excluding carboxylic acids is 1. The molecule has 2 fully saturated rings. The Bertz CT molecular complexity index is 692. The van der Waals surface area contributed by atoms with Gasteiger partial charge >= 0.3 is 5.97 Å². The number of hydrogen-bond donors (Lipinski definition) is 1. The zero-order valence-corrected chi connectivity index (χ0v) is 15.6. The van der Waals surface area contributed by atoms with E-state index in [4.69, 9.17) is 9.84 Å². The molecule has 4 atom stereocenters. The predicted octanol–water partition coefficient (Wildman–Crippen LogP) is 4.35. The number of allylic oxidation sites excluding steroid dienone is 3. The number of fused-ring (bicyclic) bond motifs is 2. The summed E-state index contributed by atoms with van der Waals surface area (Å²) >= 11 is 0. The molecule has 2 aliphatic rings. The average Bonchev–Trinajstić information content (AvgIpc) is 3.25. The molecule has 0 aliphatic carbocycles. The molecule has 1 N–H and O–H groups in total. The van der Waals surface area contributed by atoms with Crippen LogP contribution in [-0.4, -0.2) is 29.1 Å². The molecule has 1 aromatic carbocycles. The van der Waals surface area contributed by atoms with E-state index in [2.05, 4.69) is 18.2 Å². The maximum atomic E-state index is 12.3. The summed E-state index contributed by atoms with van der Waals surface area (Å²) in [6, 6.07) is 9.81. The molecule has 2 heterocycles. The van der Waals surface area contributed by atoms with E-state index in [1.165, 1.54) is 0 Å². The van der Waals surface area contributed by atoms with Crippen molar-refractivity contribution in [2.24, 2.45) is 11.8 Å². The third-order valence-corrected chi connectivity index (χ3v) is 5.55. The van der Waals surface area contributed by atoms with Gasteiger partial charge in [-0.25, -0.2) is 0 Å². The molecule has 1 aromatic rings. The van der Waals surface area contributed by atoms with Gasteiger partial charge in [0.05, 0.1) is 12.2 Å². The van der Waals surface area contributed by atoms with Crippen LogP contribution >= 0.6 is 0 Å². The van der Waals surface area contributed by atoms with E-state index in [9.17, 15) is 9.59 Å². The number of benzene rings is 1. The standard InChI is InChI=1S/C23H28O4/c24-18(16-17-8-4-3-5-9-17)12-13-20-19(21-14-15-22(20)27-21)10-6-1-2-7-11-23(25)26/h1,3-6,8-9,12-13,19-22H,2,7,10-11,14-16H2,(H,25,26)/t19-,20-,21+,22-/m0/s1. The minimum atomic E-state index is -0.740. The van der Waals surface area contributed by atoms with Gasteiger partial charge in [0.2, 0.25) is 0 Å². The molecule has 0 unspecified atom stereocenters. The van der Waals surface area contributed by atoms with Crippen LogP contribution in [0.25, 0.3) is 0 Å². The number of carboxylic acids is 1. The van der Waals surface area contributed by atoms with Gasteiger partial charge in [0, 0.05) is 18.8 Å². The van der Waals surface area contributed by atoms with Crippen LogP contribution in [0.1, 0.15) is 44.1 Å². The van der Waals surface area contributed by atoms with E-state index in [1.807, 2.05) is 30.3 Å². The van der Waals surface area contributed by atoms with Crippen molar-refractivity contribution < 1.29 is 19.4 Å². The first-order valence-corrected chi connectivity index (χ1v) is 9.90. The minimum Gasteiger partial charge on any atom is -0.481 e. The minimum absolute atomic E-state index is 0.131. The van der Waals surface area contributed by atoms with E-state index in [0.717, 1.165) is 31.2 Å². The van der Waals surface area contributed by atoms with Crippen molar-refractivity contribution in [3.63, 3.8) is 0 Å². The third kappa shape index (κ3) is 5.64. The fraction of sp³-hybridized carbons (Fsp3) is 0.478. The largest absolute Gasteiger partial charge is 0.481 e. The summed E-state index contributed by atoms with van der Waals surface area (Å²) in [7, 11) is 0. The molecule has 2 aliphatic heterocycles. The highest BCUT2D eigenvalue weighted by atomic mass is 16.5. The van der Waals surface area contributed by atoms with Crippen LogP contribution < -0.4 is 0 Å². The van der Waals surface area contributed by atoms with Crippen molar-refractivity contribution in [1.29, 1.82) is 0 Å². The normalized spacial score (nSPS) is 27.0. The Morgan fingerprint density at radius 1 is 1.11 bits per heavy atom. The van der Waals surface area contributed by atoms with Crippen LogP contribution in [0.5, 0.6) is 0 Å². The molecule has 144 valence electrons. The fourth-order valence-electron chi connectivity index (χ4n) is 4.20. The van der Waals surface area contributed by atoms with E-state index >= 15 is 0 Å². The summed E-state index contributed by atoms with van der Waals surface area (Å²) in [5, 5.41) is 8.67. The highest BCUT2D eigenvalue weighted by molar-refractivity contribution is 5.91. The molecule has 2 bridgehead atoms. The van der Waals surface area contributed by atoms with Gasteiger partial charge in [0.1, 0.15) is 0 Å². The number of carboxylic acid groups (broad SMARTS) is 1. The Morgan fingerprint density at radius 3 is 2.67 bits per heavy atom. The zero-order chi connectivity index (χ0) is 19.1. The molecule has 4 nitrogen and oxygen atoms in total. The van der Waals surface area contributed by atoms with E-state index in [0.29, 0.717) is 24.7 Å². The molecule has 4 heteroatoms. The van der Waals surface area contributed by atoms with Crippen molar-refractivity contribution in [2.45, 2.75) is 57.2 Å². The lowest BCUT2D eigenvalue weighted by Crippen LogP contribution is -2.25. The number of ketones is 1. The number of ether oxygens (including phenoxy) is 1. The van der Waals surface area contributed by atoms with E-state index in [-0.39, 0.29) is 24.4 Å². The first-order valence-electron chi connectivity index (χ1n) is 9.90. The van der Waals surface area contributed by atoms with Gasteiger partial charge in [-0.05, 0) is 49.7 Å². The van der Waals surface area contributed by atoms with Gasteiger partial charge in [0.15, 0.2) is 5.78 Å². The van der Waals surface area contributed by atoms with Crippen molar-refractivity contribution in [2.75, 3.05) is 0 Å². The highest BCUT2D eigenvalue weighted by Gasteiger charge is 2.46. The van der Waals surface area contributed by atoms with E-state index < -0.39 is 5.97 Å². The molecule has 27 heavy (non-hydrogen) atoms. The molecule has 0 spiro atoms. The third-order valence-electron chi connectivity index (χ3n) is 5.55. The van der Waals surface area contributed by atoms with Crippen LogP contribution in [0.4, 0.5) is 0 Å². The maximum absolute atomic E-state index is 12.3. The fourth-order valence-corrected chi connectivity index (χ4v) is 4.20. The average molecular weight is 368 g/mol. The number of unbranched alkanes of at least 4 members (excludes halogenated alkanes) is 1. The van der Waals surface area contributed by atoms with Crippen molar-refractivity contribution in [3.8, 4) is 0 Å². The molecule has 3 rings (SSSR count). The van der Waals surface area contributed by atoms with Crippen LogP contribution in [0.3, 0.4) is 0 Å². The van der Waals surface area contributed by atoms with Gasteiger partial charge in [-0.2, -0.15) is 0 Å². The monoisotopic (exact) mass is 368 g/mol. The molecule has 2 saturated heterocycles. The Hall–Kier alpha value is -2.20. The molecular formula is C23H28O4. The smallest absolute Gasteiger partial charge is 0.303 e. The highest BCUT2D eigenvalue weighted by Crippen LogP contribution is 2.45. The van der Waals surface area contributed by atoms with Crippen molar-refractivity contribution in [1.82, 2.24) is 0 Å². The number of aliphatic carboxylic acids is 1. The summed E-state index contributed by atoms with van der Waals surface area (Å²) in [4.78, 5) is 22.8. The molecule has 0 saturated carbocycles. The maximum Gasteiger partial charge on any atom is 0.303 e. The van der Waals surface area contributed by atoms with Gasteiger partial charge < -0.3 is 9.84 Å². The number of carbonyl (C=O) groups is 2. The summed E-state index contributed by atoms with van der Waals surface area (Å²) in [6.07, 6.45) is 13.8. The molecule has 0 aromatic heterocycles. The van der Waals surface area contributed by atoms with Crippen molar-refractivity contribution in [3.05, 3.63) is 60.2 Å². The van der Waals surface area contributed by atoms with Crippen LogP contribution in [-0.2, 0) is 20.7 Å². The lowest BCUT2D eigenvalue weighted by Gasteiger charge is -2.24. The van der Waals surface area contributed by atoms with Gasteiger partial charge in [-0.3, -0.25) is 9.59 Å². The van der Waals surface area contributed by atoms with Gasteiger partial charge in [-0.15, -0.1) is 0 Å². The van der Waals surface area contributed by atoms with Crippen LogP contribution in [0.15, 0.2) is 54.6 Å². The lowest BCUT2D eigenvalue weighted by atomic mass is 9.77. The Balaban J connectivity index is 1.51. The quantitative estimate of drug-likeness (QED) is 0.379. The Morgan fingerprint density at radius 2 is 1.89 bits per heavy atom. The summed E-state index contributed by atoms with van der Waals surface area (Å²) in [6.45, 7) is 0. The van der Waals surface area contributed by atoms with Crippen LogP contribution in [0, 0.1) is 11.8 Å². The second-order valence-electron chi connectivity index (χ2n) is 7.51. The van der Waals surface area contributed by atoms with Gasteiger partial charge in [0.25, 0.3) is 0 Å². The number of hydrogen-bond acceptors (Lipinski definition) is 3. The Kier molecular flexibility index (Phi) is 6.99. The second-order valence-corrected chi connectivity index (χ2v) is 7.51. The molecule has 0 radical (unpaired) electrons. The van der Waals surface area contributed by atoms with Crippen molar-refractivity contribution >= 4 is 11.8 Å². The van der Waals surface area contributed by atoms with Gasteiger partial charge in [-0.1, -0.05) is 48.6 Å². The Labute approximate surface area is 160 Å². The first-order chi connectivity index (χ1) is 13.1.